The van der Waals surface area contributed by atoms with Crippen molar-refractivity contribution in [2.75, 3.05) is 26.9 Å². The molecule has 1 atom stereocenters. The van der Waals surface area contributed by atoms with Crippen LogP contribution in [0.3, 0.4) is 0 Å². The molecule has 1 aromatic rings. The fraction of sp³-hybridized carbons (Fsp3) is 0.533. The molecule has 0 bridgehead atoms. The molecular weight excluding hydrogens is 256 g/mol. The molecule has 0 unspecified atom stereocenters. The zero-order valence-corrected chi connectivity index (χ0v) is 12.2. The van der Waals surface area contributed by atoms with Crippen molar-refractivity contribution in [1.29, 1.82) is 0 Å². The smallest absolute Gasteiger partial charge is 0.257 e. The fourth-order valence-electron chi connectivity index (χ4n) is 1.78. The van der Waals surface area contributed by atoms with Crippen LogP contribution < -0.4 is 15.8 Å². The van der Waals surface area contributed by atoms with Gasteiger partial charge in [0.15, 0.2) is 6.61 Å². The summed E-state index contributed by atoms with van der Waals surface area (Å²) in [6, 6.07) is 7.49. The lowest BCUT2D eigenvalue weighted by molar-refractivity contribution is -0.123. The summed E-state index contributed by atoms with van der Waals surface area (Å²) in [4.78, 5) is 11.6. The van der Waals surface area contributed by atoms with Gasteiger partial charge in [-0.25, -0.2) is 0 Å². The van der Waals surface area contributed by atoms with Crippen molar-refractivity contribution in [3.63, 3.8) is 0 Å². The fourth-order valence-corrected chi connectivity index (χ4v) is 1.78. The van der Waals surface area contributed by atoms with Gasteiger partial charge in [-0.15, -0.1) is 0 Å². The summed E-state index contributed by atoms with van der Waals surface area (Å²) in [5, 5.41) is 2.78. The molecule has 0 heterocycles. The Kier molecular flexibility index (Phi) is 7.69. The van der Waals surface area contributed by atoms with Gasteiger partial charge in [-0.3, -0.25) is 4.79 Å². The van der Waals surface area contributed by atoms with Crippen LogP contribution in [-0.4, -0.2) is 32.8 Å². The summed E-state index contributed by atoms with van der Waals surface area (Å²) >= 11 is 0. The van der Waals surface area contributed by atoms with Crippen LogP contribution in [0.2, 0.25) is 0 Å². The summed E-state index contributed by atoms with van der Waals surface area (Å²) in [5.41, 5.74) is 6.95. The summed E-state index contributed by atoms with van der Waals surface area (Å²) < 4.78 is 10.5. The van der Waals surface area contributed by atoms with Crippen molar-refractivity contribution in [3.05, 3.63) is 29.8 Å². The van der Waals surface area contributed by atoms with Crippen molar-refractivity contribution < 1.29 is 14.3 Å². The van der Waals surface area contributed by atoms with Crippen LogP contribution in [0, 0.1) is 0 Å². The Hall–Kier alpha value is -1.59. The van der Waals surface area contributed by atoms with Crippen molar-refractivity contribution >= 4 is 5.91 Å². The van der Waals surface area contributed by atoms with E-state index in [0.717, 1.165) is 18.4 Å². The minimum Gasteiger partial charge on any atom is -0.483 e. The van der Waals surface area contributed by atoms with E-state index in [1.54, 1.807) is 7.11 Å². The highest BCUT2D eigenvalue weighted by atomic mass is 16.5. The number of rotatable bonds is 9. The first-order valence-corrected chi connectivity index (χ1v) is 6.92. The highest BCUT2D eigenvalue weighted by Gasteiger charge is 2.11. The van der Waals surface area contributed by atoms with Gasteiger partial charge in [-0.05, 0) is 18.9 Å². The lowest BCUT2D eigenvalue weighted by Gasteiger charge is -2.15. The van der Waals surface area contributed by atoms with Gasteiger partial charge >= 0.3 is 0 Å². The predicted molar refractivity (Wildman–Crippen MR) is 78.7 cm³/mol. The molecule has 20 heavy (non-hydrogen) atoms. The van der Waals surface area contributed by atoms with E-state index in [-0.39, 0.29) is 18.6 Å². The van der Waals surface area contributed by atoms with Gasteiger partial charge < -0.3 is 20.5 Å². The van der Waals surface area contributed by atoms with E-state index in [9.17, 15) is 4.79 Å². The Labute approximate surface area is 120 Å². The molecule has 0 saturated heterocycles. The number of para-hydroxylation sites is 1. The van der Waals surface area contributed by atoms with Gasteiger partial charge in [0.1, 0.15) is 5.75 Å². The molecule has 0 aliphatic rings. The lowest BCUT2D eigenvalue weighted by Crippen LogP contribution is -2.30. The number of nitrogens with one attached hydrogen (secondary N) is 1. The Morgan fingerprint density at radius 3 is 2.85 bits per heavy atom. The van der Waals surface area contributed by atoms with E-state index in [2.05, 4.69) is 5.32 Å². The molecule has 1 aromatic carbocycles. The van der Waals surface area contributed by atoms with Gasteiger partial charge in [0.2, 0.25) is 0 Å². The van der Waals surface area contributed by atoms with Crippen LogP contribution in [0.4, 0.5) is 0 Å². The molecule has 0 aliphatic heterocycles. The maximum absolute atomic E-state index is 11.6. The molecule has 0 saturated carbocycles. The first kappa shape index (κ1) is 16.5. The van der Waals surface area contributed by atoms with Crippen LogP contribution in [0.1, 0.15) is 31.4 Å². The Morgan fingerprint density at radius 2 is 2.15 bits per heavy atom. The second-order valence-electron chi connectivity index (χ2n) is 4.54. The number of methoxy groups -OCH3 is 1. The standard InChI is InChI=1S/C15H24N2O3/c1-3-13(16)12-7-4-5-8-14(12)20-11-15(18)17-9-6-10-19-2/h4-5,7-8,13H,3,6,9-11,16H2,1-2H3,(H,17,18)/t13-/m1/s1. The van der Waals surface area contributed by atoms with Crippen molar-refractivity contribution in [1.82, 2.24) is 5.32 Å². The molecule has 5 heteroatoms. The average Bonchev–Trinajstić information content (AvgIpc) is 2.49. The highest BCUT2D eigenvalue weighted by molar-refractivity contribution is 5.77. The van der Waals surface area contributed by atoms with E-state index >= 15 is 0 Å². The van der Waals surface area contributed by atoms with Gasteiger partial charge in [0.25, 0.3) is 5.91 Å². The summed E-state index contributed by atoms with van der Waals surface area (Å²) in [6.45, 7) is 3.24. The van der Waals surface area contributed by atoms with E-state index < -0.39 is 0 Å². The van der Waals surface area contributed by atoms with E-state index in [1.165, 1.54) is 0 Å². The summed E-state index contributed by atoms with van der Waals surface area (Å²) in [5.74, 6) is 0.537. The molecule has 1 amide bonds. The van der Waals surface area contributed by atoms with Crippen LogP contribution in [0.5, 0.6) is 5.75 Å². The van der Waals surface area contributed by atoms with E-state index in [4.69, 9.17) is 15.2 Å². The number of benzene rings is 1. The molecule has 0 fully saturated rings. The third kappa shape index (κ3) is 5.59. The Bertz CT molecular complexity index is 410. The van der Waals surface area contributed by atoms with E-state index in [0.29, 0.717) is 18.9 Å². The average molecular weight is 280 g/mol. The molecule has 0 radical (unpaired) electrons. The molecule has 0 aromatic heterocycles. The first-order valence-electron chi connectivity index (χ1n) is 6.92. The van der Waals surface area contributed by atoms with Crippen molar-refractivity contribution in [2.45, 2.75) is 25.8 Å². The number of nitrogens with two attached hydrogens (primary N) is 1. The minimum atomic E-state index is -0.138. The van der Waals surface area contributed by atoms with Crippen LogP contribution in [-0.2, 0) is 9.53 Å². The molecule has 112 valence electrons. The quantitative estimate of drug-likeness (QED) is 0.674. The number of ether oxygens (including phenoxy) is 2. The van der Waals surface area contributed by atoms with E-state index in [1.807, 2.05) is 31.2 Å². The van der Waals surface area contributed by atoms with Gasteiger partial charge in [0, 0.05) is 31.9 Å². The molecule has 0 aliphatic carbocycles. The molecule has 1 rings (SSSR count). The number of hydrogen-bond acceptors (Lipinski definition) is 4. The largest absolute Gasteiger partial charge is 0.483 e. The van der Waals surface area contributed by atoms with Gasteiger partial charge in [-0.2, -0.15) is 0 Å². The second kappa shape index (κ2) is 9.34. The minimum absolute atomic E-state index is 0.000426. The third-order valence-corrected chi connectivity index (χ3v) is 2.96. The highest BCUT2D eigenvalue weighted by Crippen LogP contribution is 2.25. The lowest BCUT2D eigenvalue weighted by atomic mass is 10.0. The number of hydrogen-bond donors (Lipinski definition) is 2. The van der Waals surface area contributed by atoms with Crippen LogP contribution >= 0.6 is 0 Å². The normalized spacial score (nSPS) is 11.9. The van der Waals surface area contributed by atoms with Crippen LogP contribution in [0.15, 0.2) is 24.3 Å². The molecule has 5 nitrogen and oxygen atoms in total. The topological polar surface area (TPSA) is 73.6 Å². The monoisotopic (exact) mass is 280 g/mol. The van der Waals surface area contributed by atoms with Gasteiger partial charge in [-0.1, -0.05) is 25.1 Å². The molecule has 0 spiro atoms. The Balaban J connectivity index is 2.43. The van der Waals surface area contributed by atoms with Crippen molar-refractivity contribution in [3.8, 4) is 5.75 Å². The van der Waals surface area contributed by atoms with Gasteiger partial charge in [0.05, 0.1) is 0 Å². The molecular formula is C15H24N2O3. The Morgan fingerprint density at radius 1 is 1.40 bits per heavy atom. The number of carbonyl (C=O) groups excluding carboxylic acids is 1. The third-order valence-electron chi connectivity index (χ3n) is 2.96. The number of carbonyl (C=O) groups is 1. The SMILES string of the molecule is CC[C@@H](N)c1ccccc1OCC(=O)NCCCOC. The first-order chi connectivity index (χ1) is 9.69. The summed E-state index contributed by atoms with van der Waals surface area (Å²) in [6.07, 6.45) is 1.61. The van der Waals surface area contributed by atoms with Crippen LogP contribution in [0.25, 0.3) is 0 Å². The zero-order chi connectivity index (χ0) is 14.8. The molecule has 3 N–H and O–H groups in total. The maximum Gasteiger partial charge on any atom is 0.257 e. The predicted octanol–water partition coefficient (Wildman–Crippen LogP) is 1.63. The zero-order valence-electron chi connectivity index (χ0n) is 12.2. The summed E-state index contributed by atoms with van der Waals surface area (Å²) in [7, 11) is 1.64. The maximum atomic E-state index is 11.6. The number of amides is 1. The van der Waals surface area contributed by atoms with Crippen molar-refractivity contribution in [2.24, 2.45) is 5.73 Å². The second-order valence-corrected chi connectivity index (χ2v) is 4.54.